The third-order valence-corrected chi connectivity index (χ3v) is 4.07. The van der Waals surface area contributed by atoms with Crippen molar-refractivity contribution in [2.75, 3.05) is 20.1 Å². The van der Waals surface area contributed by atoms with Crippen LogP contribution < -0.4 is 5.32 Å². The molecule has 0 aliphatic carbocycles. The zero-order chi connectivity index (χ0) is 14.9. The van der Waals surface area contributed by atoms with Crippen LogP contribution in [-0.4, -0.2) is 41.8 Å². The SMILES string of the molecule is CNC(=O)C1(C)CCN(C(=O)c2nc(Cl)ccc2Cl)C1. The molecule has 1 aliphatic rings. The molecule has 108 valence electrons. The van der Waals surface area contributed by atoms with Crippen LogP contribution >= 0.6 is 23.2 Å². The van der Waals surface area contributed by atoms with Gasteiger partial charge in [0.2, 0.25) is 5.91 Å². The van der Waals surface area contributed by atoms with E-state index < -0.39 is 5.41 Å². The van der Waals surface area contributed by atoms with Crippen molar-refractivity contribution in [3.8, 4) is 0 Å². The maximum atomic E-state index is 12.4. The van der Waals surface area contributed by atoms with Crippen LogP contribution in [0.2, 0.25) is 10.2 Å². The summed E-state index contributed by atoms with van der Waals surface area (Å²) < 4.78 is 0. The number of hydrogen-bond acceptors (Lipinski definition) is 3. The van der Waals surface area contributed by atoms with Crippen LogP contribution in [0, 0.1) is 5.41 Å². The fourth-order valence-corrected chi connectivity index (χ4v) is 2.67. The van der Waals surface area contributed by atoms with Crippen LogP contribution in [0.3, 0.4) is 0 Å². The first-order valence-corrected chi connectivity index (χ1v) is 6.96. The third kappa shape index (κ3) is 2.74. The Kier molecular flexibility index (Phi) is 4.20. The molecule has 1 aromatic rings. The summed E-state index contributed by atoms with van der Waals surface area (Å²) in [4.78, 5) is 29.8. The second-order valence-corrected chi connectivity index (χ2v) is 5.88. The highest BCUT2D eigenvalue weighted by atomic mass is 35.5. The number of halogens is 2. The van der Waals surface area contributed by atoms with Crippen molar-refractivity contribution in [1.82, 2.24) is 15.2 Å². The Labute approximate surface area is 127 Å². The van der Waals surface area contributed by atoms with E-state index in [2.05, 4.69) is 10.3 Å². The Morgan fingerprint density at radius 3 is 2.75 bits per heavy atom. The number of carbonyl (C=O) groups is 2. The minimum atomic E-state index is -0.574. The summed E-state index contributed by atoms with van der Waals surface area (Å²) in [5.41, 5.74) is -0.449. The number of carbonyl (C=O) groups excluding carboxylic acids is 2. The molecular formula is C13H15Cl2N3O2. The van der Waals surface area contributed by atoms with Crippen LogP contribution in [0.1, 0.15) is 23.8 Å². The number of amides is 2. The zero-order valence-corrected chi connectivity index (χ0v) is 12.8. The van der Waals surface area contributed by atoms with Crippen LogP contribution in [0.25, 0.3) is 0 Å². The minimum absolute atomic E-state index is 0.0713. The van der Waals surface area contributed by atoms with Crippen molar-refractivity contribution in [1.29, 1.82) is 0 Å². The highest BCUT2D eigenvalue weighted by Gasteiger charge is 2.42. The molecule has 0 aromatic carbocycles. The number of nitrogens with zero attached hydrogens (tertiary/aromatic N) is 2. The number of pyridine rings is 1. The summed E-state index contributed by atoms with van der Waals surface area (Å²) in [7, 11) is 1.59. The quantitative estimate of drug-likeness (QED) is 0.849. The molecule has 1 aliphatic heterocycles. The first kappa shape index (κ1) is 15.1. The molecule has 0 radical (unpaired) electrons. The number of likely N-dealkylation sites (tertiary alicyclic amines) is 1. The van der Waals surface area contributed by atoms with Crippen LogP contribution in [0.5, 0.6) is 0 Å². The molecule has 7 heteroatoms. The van der Waals surface area contributed by atoms with Crippen molar-refractivity contribution < 1.29 is 9.59 Å². The predicted octanol–water partition coefficient (Wildman–Crippen LogP) is 1.99. The zero-order valence-electron chi connectivity index (χ0n) is 11.2. The van der Waals surface area contributed by atoms with E-state index in [1.807, 2.05) is 6.92 Å². The van der Waals surface area contributed by atoms with Gasteiger partial charge in [0.25, 0.3) is 5.91 Å². The standard InChI is InChI=1S/C13H15Cl2N3O2/c1-13(12(20)16-2)5-6-18(7-13)11(19)10-8(14)3-4-9(15)17-10/h3-4H,5-7H2,1-2H3,(H,16,20). The molecule has 1 atom stereocenters. The van der Waals surface area contributed by atoms with Crippen molar-refractivity contribution >= 4 is 35.0 Å². The van der Waals surface area contributed by atoms with Gasteiger partial charge in [-0.2, -0.15) is 0 Å². The maximum absolute atomic E-state index is 12.4. The van der Waals surface area contributed by atoms with Gasteiger partial charge in [0, 0.05) is 20.1 Å². The van der Waals surface area contributed by atoms with Gasteiger partial charge in [0.05, 0.1) is 10.4 Å². The molecule has 20 heavy (non-hydrogen) atoms. The van der Waals surface area contributed by atoms with Crippen molar-refractivity contribution in [2.24, 2.45) is 5.41 Å². The van der Waals surface area contributed by atoms with E-state index in [1.54, 1.807) is 11.9 Å². The van der Waals surface area contributed by atoms with Gasteiger partial charge in [0.1, 0.15) is 10.8 Å². The minimum Gasteiger partial charge on any atom is -0.359 e. The fourth-order valence-electron chi connectivity index (χ4n) is 2.34. The van der Waals surface area contributed by atoms with Crippen LogP contribution in [0.4, 0.5) is 0 Å². The molecule has 1 fully saturated rings. The molecule has 0 spiro atoms. The van der Waals surface area contributed by atoms with E-state index in [-0.39, 0.29) is 27.7 Å². The highest BCUT2D eigenvalue weighted by Crippen LogP contribution is 2.31. The van der Waals surface area contributed by atoms with Crippen molar-refractivity contribution in [2.45, 2.75) is 13.3 Å². The van der Waals surface area contributed by atoms with Crippen LogP contribution in [-0.2, 0) is 4.79 Å². The Hall–Kier alpha value is -1.33. The normalized spacial score (nSPS) is 21.9. The van der Waals surface area contributed by atoms with Gasteiger partial charge in [-0.05, 0) is 25.5 Å². The first-order chi connectivity index (χ1) is 9.37. The average Bonchev–Trinajstić information content (AvgIpc) is 2.83. The highest BCUT2D eigenvalue weighted by molar-refractivity contribution is 6.34. The Balaban J connectivity index is 2.20. The monoisotopic (exact) mass is 315 g/mol. The summed E-state index contributed by atoms with van der Waals surface area (Å²) in [5.74, 6) is -0.372. The third-order valence-electron chi connectivity index (χ3n) is 3.55. The lowest BCUT2D eigenvalue weighted by Gasteiger charge is -2.22. The van der Waals surface area contributed by atoms with Gasteiger partial charge < -0.3 is 10.2 Å². The van der Waals surface area contributed by atoms with Crippen LogP contribution in [0.15, 0.2) is 12.1 Å². The largest absolute Gasteiger partial charge is 0.359 e. The number of aromatic nitrogens is 1. The molecule has 2 rings (SSSR count). The second kappa shape index (κ2) is 5.58. The molecule has 0 saturated carbocycles. The van der Waals surface area contributed by atoms with E-state index in [4.69, 9.17) is 23.2 Å². The lowest BCUT2D eigenvalue weighted by Crippen LogP contribution is -2.40. The number of nitrogens with one attached hydrogen (secondary N) is 1. The lowest BCUT2D eigenvalue weighted by atomic mass is 9.89. The van der Waals surface area contributed by atoms with Crippen molar-refractivity contribution in [3.63, 3.8) is 0 Å². The molecule has 1 aromatic heterocycles. The maximum Gasteiger partial charge on any atom is 0.274 e. The summed E-state index contributed by atoms with van der Waals surface area (Å²) in [6.45, 7) is 2.68. The fraction of sp³-hybridized carbons (Fsp3) is 0.462. The molecule has 5 nitrogen and oxygen atoms in total. The predicted molar refractivity (Wildman–Crippen MR) is 77.0 cm³/mol. The Bertz CT molecular complexity index is 565. The molecular weight excluding hydrogens is 301 g/mol. The molecule has 2 heterocycles. The molecule has 1 unspecified atom stereocenters. The topological polar surface area (TPSA) is 62.3 Å². The molecule has 1 saturated heterocycles. The Morgan fingerprint density at radius 2 is 2.10 bits per heavy atom. The smallest absolute Gasteiger partial charge is 0.274 e. The van der Waals surface area contributed by atoms with E-state index in [1.165, 1.54) is 12.1 Å². The van der Waals surface area contributed by atoms with E-state index >= 15 is 0 Å². The van der Waals surface area contributed by atoms with Gasteiger partial charge in [-0.15, -0.1) is 0 Å². The van der Waals surface area contributed by atoms with E-state index in [0.717, 1.165) is 0 Å². The molecule has 1 N–H and O–H groups in total. The number of hydrogen-bond donors (Lipinski definition) is 1. The van der Waals surface area contributed by atoms with Crippen molar-refractivity contribution in [3.05, 3.63) is 28.0 Å². The van der Waals surface area contributed by atoms with E-state index in [9.17, 15) is 9.59 Å². The second-order valence-electron chi connectivity index (χ2n) is 5.08. The van der Waals surface area contributed by atoms with Gasteiger partial charge in [0.15, 0.2) is 0 Å². The van der Waals surface area contributed by atoms with Gasteiger partial charge in [-0.1, -0.05) is 23.2 Å². The number of rotatable bonds is 2. The summed E-state index contributed by atoms with van der Waals surface area (Å²) in [6, 6.07) is 3.07. The van der Waals surface area contributed by atoms with Gasteiger partial charge >= 0.3 is 0 Å². The summed E-state index contributed by atoms with van der Waals surface area (Å²) in [5, 5.41) is 3.10. The molecule has 0 bridgehead atoms. The van der Waals surface area contributed by atoms with E-state index in [0.29, 0.717) is 19.5 Å². The Morgan fingerprint density at radius 1 is 1.40 bits per heavy atom. The lowest BCUT2D eigenvalue weighted by molar-refractivity contribution is -0.128. The van der Waals surface area contributed by atoms with Gasteiger partial charge in [-0.25, -0.2) is 4.98 Å². The summed E-state index contributed by atoms with van der Waals surface area (Å²) >= 11 is 11.8. The molecule has 2 amide bonds. The van der Waals surface area contributed by atoms with Gasteiger partial charge in [-0.3, -0.25) is 9.59 Å². The average molecular weight is 316 g/mol. The summed E-state index contributed by atoms with van der Waals surface area (Å²) in [6.07, 6.45) is 0.608. The first-order valence-electron chi connectivity index (χ1n) is 6.21.